The Balaban J connectivity index is 1.91. The largest absolute Gasteiger partial charge is 0.457 e. The van der Waals surface area contributed by atoms with Crippen molar-refractivity contribution in [3.05, 3.63) is 48.0 Å². The standard InChI is InChI=1S/C18H25NO2/c1-18(2,3)21-17(20)12-11-16-10-7-13-19(16)14-15-8-5-4-6-9-15/h4-6,8-9,11-12,16H,7,10,13-14H2,1-3H3/b12-11+. The van der Waals surface area contributed by atoms with E-state index in [4.69, 9.17) is 4.74 Å². The van der Waals surface area contributed by atoms with Gasteiger partial charge in [-0.1, -0.05) is 36.4 Å². The molecule has 0 amide bonds. The monoisotopic (exact) mass is 287 g/mol. The molecule has 1 unspecified atom stereocenters. The molecular weight excluding hydrogens is 262 g/mol. The fraction of sp³-hybridized carbons (Fsp3) is 0.500. The van der Waals surface area contributed by atoms with Crippen molar-refractivity contribution < 1.29 is 9.53 Å². The molecule has 1 aliphatic heterocycles. The second-order valence-corrected chi connectivity index (χ2v) is 6.56. The second-order valence-electron chi connectivity index (χ2n) is 6.56. The number of benzene rings is 1. The molecule has 0 aliphatic carbocycles. The Labute approximate surface area is 127 Å². The van der Waals surface area contributed by atoms with Crippen LogP contribution in [0.4, 0.5) is 0 Å². The molecule has 3 heteroatoms. The number of ether oxygens (including phenoxy) is 1. The van der Waals surface area contributed by atoms with Crippen molar-refractivity contribution in [2.45, 2.75) is 51.8 Å². The molecule has 0 saturated carbocycles. The average Bonchev–Trinajstić information content (AvgIpc) is 2.83. The van der Waals surface area contributed by atoms with Crippen LogP contribution in [-0.4, -0.2) is 29.1 Å². The van der Waals surface area contributed by atoms with Crippen LogP contribution in [0.1, 0.15) is 39.2 Å². The molecule has 1 fully saturated rings. The highest BCUT2D eigenvalue weighted by atomic mass is 16.6. The number of carbonyl (C=O) groups is 1. The van der Waals surface area contributed by atoms with Gasteiger partial charge in [-0.3, -0.25) is 4.90 Å². The lowest BCUT2D eigenvalue weighted by Gasteiger charge is -2.22. The minimum atomic E-state index is -0.430. The van der Waals surface area contributed by atoms with Gasteiger partial charge in [0.1, 0.15) is 5.60 Å². The first-order valence-corrected chi connectivity index (χ1v) is 7.63. The Morgan fingerprint density at radius 1 is 1.33 bits per heavy atom. The van der Waals surface area contributed by atoms with Crippen molar-refractivity contribution in [3.8, 4) is 0 Å². The van der Waals surface area contributed by atoms with Crippen molar-refractivity contribution in [2.24, 2.45) is 0 Å². The van der Waals surface area contributed by atoms with E-state index in [1.54, 1.807) is 6.08 Å². The molecule has 21 heavy (non-hydrogen) atoms. The molecule has 1 atom stereocenters. The SMILES string of the molecule is CC(C)(C)OC(=O)/C=C/C1CCCN1Cc1ccccc1. The van der Waals surface area contributed by atoms with Crippen LogP contribution in [0.25, 0.3) is 0 Å². The summed E-state index contributed by atoms with van der Waals surface area (Å²) in [6.45, 7) is 7.67. The Bertz CT molecular complexity index is 488. The first-order valence-electron chi connectivity index (χ1n) is 7.63. The predicted molar refractivity (Wildman–Crippen MR) is 84.9 cm³/mol. The summed E-state index contributed by atoms with van der Waals surface area (Å²) in [6, 6.07) is 10.8. The molecule has 0 aromatic heterocycles. The van der Waals surface area contributed by atoms with Crippen LogP contribution in [0, 0.1) is 0 Å². The van der Waals surface area contributed by atoms with Crippen molar-refractivity contribution >= 4 is 5.97 Å². The van der Waals surface area contributed by atoms with Crippen LogP contribution in [-0.2, 0) is 16.1 Å². The Hall–Kier alpha value is -1.61. The van der Waals surface area contributed by atoms with Gasteiger partial charge >= 0.3 is 5.97 Å². The van der Waals surface area contributed by atoms with Crippen LogP contribution < -0.4 is 0 Å². The molecule has 1 saturated heterocycles. The zero-order valence-electron chi connectivity index (χ0n) is 13.2. The van der Waals surface area contributed by atoms with Gasteiger partial charge in [0.05, 0.1) is 0 Å². The maximum absolute atomic E-state index is 11.8. The highest BCUT2D eigenvalue weighted by Crippen LogP contribution is 2.21. The maximum atomic E-state index is 11.8. The number of carbonyl (C=O) groups excluding carboxylic acids is 1. The third kappa shape index (κ3) is 5.35. The summed E-state index contributed by atoms with van der Waals surface area (Å²) < 4.78 is 5.31. The van der Waals surface area contributed by atoms with Crippen LogP contribution in [0.5, 0.6) is 0 Å². The summed E-state index contributed by atoms with van der Waals surface area (Å²) in [7, 11) is 0. The second kappa shape index (κ2) is 6.90. The van der Waals surface area contributed by atoms with E-state index in [0.29, 0.717) is 6.04 Å². The molecule has 1 aromatic rings. The fourth-order valence-electron chi connectivity index (χ4n) is 2.61. The highest BCUT2D eigenvalue weighted by Gasteiger charge is 2.22. The smallest absolute Gasteiger partial charge is 0.330 e. The molecule has 114 valence electrons. The zero-order valence-corrected chi connectivity index (χ0v) is 13.2. The molecule has 0 bridgehead atoms. The maximum Gasteiger partial charge on any atom is 0.330 e. The number of likely N-dealkylation sites (tertiary alicyclic amines) is 1. The van der Waals surface area contributed by atoms with E-state index in [0.717, 1.165) is 19.5 Å². The Morgan fingerprint density at radius 2 is 2.05 bits per heavy atom. The van der Waals surface area contributed by atoms with Gasteiger partial charge < -0.3 is 4.74 Å². The van der Waals surface area contributed by atoms with E-state index >= 15 is 0 Å². The summed E-state index contributed by atoms with van der Waals surface area (Å²) >= 11 is 0. The van der Waals surface area contributed by atoms with Gasteiger partial charge in [-0.2, -0.15) is 0 Å². The summed E-state index contributed by atoms with van der Waals surface area (Å²) in [4.78, 5) is 14.2. The number of nitrogens with zero attached hydrogens (tertiary/aromatic N) is 1. The third-order valence-corrected chi connectivity index (χ3v) is 3.50. The number of hydrogen-bond donors (Lipinski definition) is 0. The van der Waals surface area contributed by atoms with E-state index in [1.807, 2.05) is 32.9 Å². The molecule has 0 N–H and O–H groups in total. The van der Waals surface area contributed by atoms with Gasteiger partial charge in [-0.05, 0) is 45.7 Å². The molecule has 1 aliphatic rings. The topological polar surface area (TPSA) is 29.5 Å². The number of esters is 1. The van der Waals surface area contributed by atoms with Gasteiger partial charge in [0.2, 0.25) is 0 Å². The predicted octanol–water partition coefficient (Wildman–Crippen LogP) is 3.55. The van der Waals surface area contributed by atoms with Gasteiger partial charge in [-0.15, -0.1) is 0 Å². The van der Waals surface area contributed by atoms with Crippen LogP contribution >= 0.6 is 0 Å². The van der Waals surface area contributed by atoms with E-state index in [9.17, 15) is 4.79 Å². The fourth-order valence-corrected chi connectivity index (χ4v) is 2.61. The van der Waals surface area contributed by atoms with E-state index in [1.165, 1.54) is 12.0 Å². The van der Waals surface area contributed by atoms with Gasteiger partial charge in [0.15, 0.2) is 0 Å². The minimum Gasteiger partial charge on any atom is -0.457 e. The lowest BCUT2D eigenvalue weighted by Crippen LogP contribution is -2.28. The van der Waals surface area contributed by atoms with Crippen LogP contribution in [0.15, 0.2) is 42.5 Å². The van der Waals surface area contributed by atoms with Crippen molar-refractivity contribution in [2.75, 3.05) is 6.54 Å². The molecule has 0 spiro atoms. The quantitative estimate of drug-likeness (QED) is 0.626. The first kappa shape index (κ1) is 15.8. The summed E-state index contributed by atoms with van der Waals surface area (Å²) in [6.07, 6.45) is 5.85. The van der Waals surface area contributed by atoms with Crippen molar-refractivity contribution in [1.82, 2.24) is 4.90 Å². The third-order valence-electron chi connectivity index (χ3n) is 3.50. The van der Waals surface area contributed by atoms with Crippen LogP contribution in [0.2, 0.25) is 0 Å². The van der Waals surface area contributed by atoms with E-state index in [2.05, 4.69) is 29.2 Å². The number of hydrogen-bond acceptors (Lipinski definition) is 3. The normalized spacial score (nSPS) is 20.0. The van der Waals surface area contributed by atoms with E-state index < -0.39 is 5.60 Å². The van der Waals surface area contributed by atoms with Gasteiger partial charge in [0, 0.05) is 18.7 Å². The zero-order chi connectivity index (χ0) is 15.3. The Kier molecular flexibility index (Phi) is 5.18. The molecule has 3 nitrogen and oxygen atoms in total. The highest BCUT2D eigenvalue weighted by molar-refractivity contribution is 5.82. The lowest BCUT2D eigenvalue weighted by molar-refractivity contribution is -0.148. The van der Waals surface area contributed by atoms with Crippen molar-refractivity contribution in [1.29, 1.82) is 0 Å². The summed E-state index contributed by atoms with van der Waals surface area (Å²) in [5, 5.41) is 0. The molecule has 0 radical (unpaired) electrons. The summed E-state index contributed by atoms with van der Waals surface area (Å²) in [5.41, 5.74) is 0.885. The first-order chi connectivity index (χ1) is 9.94. The molecule has 2 rings (SSSR count). The molecular formula is C18H25NO2. The Morgan fingerprint density at radius 3 is 2.71 bits per heavy atom. The average molecular weight is 287 g/mol. The minimum absolute atomic E-state index is 0.255. The van der Waals surface area contributed by atoms with Gasteiger partial charge in [0.25, 0.3) is 0 Å². The lowest BCUT2D eigenvalue weighted by atomic mass is 10.1. The van der Waals surface area contributed by atoms with Crippen molar-refractivity contribution in [3.63, 3.8) is 0 Å². The summed E-state index contributed by atoms with van der Waals surface area (Å²) in [5.74, 6) is -0.255. The van der Waals surface area contributed by atoms with E-state index in [-0.39, 0.29) is 5.97 Å². The van der Waals surface area contributed by atoms with Crippen LogP contribution in [0.3, 0.4) is 0 Å². The number of rotatable bonds is 4. The molecule has 1 aromatic carbocycles. The van der Waals surface area contributed by atoms with Gasteiger partial charge in [-0.25, -0.2) is 4.79 Å². The molecule has 1 heterocycles.